The Labute approximate surface area is 89.2 Å². The number of carboxylic acids is 1. The summed E-state index contributed by atoms with van der Waals surface area (Å²) in [5, 5.41) is 8.32. The Morgan fingerprint density at radius 2 is 1.80 bits per heavy atom. The van der Waals surface area contributed by atoms with E-state index < -0.39 is 15.8 Å². The van der Waals surface area contributed by atoms with Gasteiger partial charge < -0.3 is 5.11 Å². The lowest BCUT2D eigenvalue weighted by Gasteiger charge is -2.18. The summed E-state index contributed by atoms with van der Waals surface area (Å²) < 4.78 is 22.2. The topological polar surface area (TPSA) is 71.4 Å². The van der Waals surface area contributed by atoms with Gasteiger partial charge in [-0.2, -0.15) is 0 Å². The Morgan fingerprint density at radius 3 is 2.33 bits per heavy atom. The Bertz CT molecular complexity index is 364. The summed E-state index contributed by atoms with van der Waals surface area (Å²) in [7, 11) is -2.81. The predicted octanol–water partition coefficient (Wildman–Crippen LogP) is 1.01. The van der Waals surface area contributed by atoms with Gasteiger partial charge in [0.05, 0.1) is 11.5 Å². The van der Waals surface area contributed by atoms with Gasteiger partial charge >= 0.3 is 5.97 Å². The van der Waals surface area contributed by atoms with Crippen molar-refractivity contribution in [3.05, 3.63) is 24.3 Å². The summed E-state index contributed by atoms with van der Waals surface area (Å²) in [6, 6.07) is 0. The molecule has 1 heterocycles. The first-order valence-corrected chi connectivity index (χ1v) is 6.60. The van der Waals surface area contributed by atoms with Crippen molar-refractivity contribution in [1.29, 1.82) is 0 Å². The number of hydrogen-bond donors (Lipinski definition) is 1. The highest BCUT2D eigenvalue weighted by atomic mass is 32.2. The van der Waals surface area contributed by atoms with Crippen LogP contribution in [0.3, 0.4) is 0 Å². The third kappa shape index (κ3) is 4.78. The van der Waals surface area contributed by atoms with Crippen molar-refractivity contribution >= 4 is 15.8 Å². The molecule has 1 saturated heterocycles. The van der Waals surface area contributed by atoms with Crippen LogP contribution in [0.5, 0.6) is 0 Å². The van der Waals surface area contributed by atoms with Gasteiger partial charge in [-0.1, -0.05) is 18.2 Å². The third-order valence-electron chi connectivity index (χ3n) is 2.33. The molecule has 1 fully saturated rings. The van der Waals surface area contributed by atoms with Crippen molar-refractivity contribution in [2.24, 2.45) is 5.92 Å². The summed E-state index contributed by atoms with van der Waals surface area (Å²) in [4.78, 5) is 10.1. The molecule has 0 aromatic rings. The Kier molecular flexibility index (Phi) is 4.08. The van der Waals surface area contributed by atoms with Crippen LogP contribution < -0.4 is 0 Å². The molecule has 0 aliphatic carbocycles. The van der Waals surface area contributed by atoms with Crippen LogP contribution in [0, 0.1) is 5.92 Å². The Balaban J connectivity index is 2.39. The fourth-order valence-corrected chi connectivity index (χ4v) is 2.99. The second-order valence-electron chi connectivity index (χ2n) is 3.57. The average Bonchev–Trinajstić information content (AvgIpc) is 2.14. The van der Waals surface area contributed by atoms with Crippen LogP contribution in [0.15, 0.2) is 24.3 Å². The average molecular weight is 230 g/mol. The molecular formula is C10H14O4S. The maximum atomic E-state index is 11.1. The first kappa shape index (κ1) is 12.0. The van der Waals surface area contributed by atoms with Crippen molar-refractivity contribution in [3.8, 4) is 0 Å². The van der Waals surface area contributed by atoms with Crippen molar-refractivity contribution in [2.75, 3.05) is 11.5 Å². The van der Waals surface area contributed by atoms with Crippen LogP contribution in [0.25, 0.3) is 0 Å². The lowest BCUT2D eigenvalue weighted by Crippen LogP contribution is -2.22. The number of carbonyl (C=O) groups is 1. The highest BCUT2D eigenvalue weighted by Gasteiger charge is 2.21. The molecule has 0 aromatic heterocycles. The summed E-state index contributed by atoms with van der Waals surface area (Å²) in [6.07, 6.45) is 7.31. The van der Waals surface area contributed by atoms with Crippen LogP contribution in [-0.4, -0.2) is 31.0 Å². The van der Waals surface area contributed by atoms with Gasteiger partial charge in [0.15, 0.2) is 0 Å². The monoisotopic (exact) mass is 230 g/mol. The minimum atomic E-state index is -2.81. The van der Waals surface area contributed by atoms with Crippen LogP contribution in [-0.2, 0) is 14.6 Å². The molecule has 0 atom stereocenters. The lowest BCUT2D eigenvalue weighted by molar-refractivity contribution is -0.131. The van der Waals surface area contributed by atoms with Crippen LogP contribution in [0.2, 0.25) is 0 Å². The van der Waals surface area contributed by atoms with Gasteiger partial charge in [0, 0.05) is 6.08 Å². The summed E-state index contributed by atoms with van der Waals surface area (Å²) >= 11 is 0. The Morgan fingerprint density at radius 1 is 1.20 bits per heavy atom. The molecule has 1 aliphatic heterocycles. The molecule has 15 heavy (non-hydrogen) atoms. The van der Waals surface area contributed by atoms with E-state index in [1.165, 1.54) is 6.08 Å². The molecular weight excluding hydrogens is 216 g/mol. The number of rotatable bonds is 3. The molecule has 1 aliphatic rings. The zero-order valence-corrected chi connectivity index (χ0v) is 9.11. The molecule has 84 valence electrons. The first-order chi connectivity index (χ1) is 6.99. The molecule has 1 N–H and O–H groups in total. The quantitative estimate of drug-likeness (QED) is 0.580. The summed E-state index contributed by atoms with van der Waals surface area (Å²) in [6.45, 7) is 0. The smallest absolute Gasteiger partial charge is 0.328 e. The van der Waals surface area contributed by atoms with E-state index in [0.717, 1.165) is 6.08 Å². The SMILES string of the molecule is O=C(O)/C=C\C=C\C1CCS(=O)(=O)CC1. The van der Waals surface area contributed by atoms with E-state index in [2.05, 4.69) is 0 Å². The van der Waals surface area contributed by atoms with E-state index >= 15 is 0 Å². The van der Waals surface area contributed by atoms with E-state index in [-0.39, 0.29) is 17.4 Å². The minimum Gasteiger partial charge on any atom is -0.478 e. The van der Waals surface area contributed by atoms with Gasteiger partial charge in [-0.3, -0.25) is 0 Å². The predicted molar refractivity (Wildman–Crippen MR) is 57.3 cm³/mol. The molecule has 4 nitrogen and oxygen atoms in total. The highest BCUT2D eigenvalue weighted by molar-refractivity contribution is 7.91. The number of hydrogen-bond acceptors (Lipinski definition) is 3. The molecule has 0 saturated carbocycles. The van der Waals surface area contributed by atoms with Crippen LogP contribution in [0.1, 0.15) is 12.8 Å². The number of carboxylic acid groups (broad SMARTS) is 1. The van der Waals surface area contributed by atoms with Gasteiger partial charge in [0.25, 0.3) is 0 Å². The third-order valence-corrected chi connectivity index (χ3v) is 4.05. The number of aliphatic carboxylic acids is 1. The van der Waals surface area contributed by atoms with Gasteiger partial charge in [-0.05, 0) is 18.8 Å². The molecule has 0 amide bonds. The largest absolute Gasteiger partial charge is 0.478 e. The van der Waals surface area contributed by atoms with Crippen LogP contribution >= 0.6 is 0 Å². The second-order valence-corrected chi connectivity index (χ2v) is 5.88. The van der Waals surface area contributed by atoms with Crippen molar-refractivity contribution in [1.82, 2.24) is 0 Å². The fourth-order valence-electron chi connectivity index (χ4n) is 1.46. The highest BCUT2D eigenvalue weighted by Crippen LogP contribution is 2.19. The molecule has 5 heteroatoms. The zero-order valence-electron chi connectivity index (χ0n) is 8.30. The maximum Gasteiger partial charge on any atom is 0.328 e. The molecule has 0 radical (unpaired) electrons. The summed E-state index contributed by atoms with van der Waals surface area (Å²) in [5.41, 5.74) is 0. The molecule has 0 aromatic carbocycles. The molecule has 1 rings (SSSR count). The maximum absolute atomic E-state index is 11.1. The van der Waals surface area contributed by atoms with E-state index in [1.807, 2.05) is 6.08 Å². The Hall–Kier alpha value is -1.10. The van der Waals surface area contributed by atoms with Gasteiger partial charge in [0.2, 0.25) is 0 Å². The van der Waals surface area contributed by atoms with E-state index in [4.69, 9.17) is 5.11 Å². The molecule has 0 spiro atoms. The zero-order chi connectivity index (χ0) is 11.3. The normalized spacial score (nSPS) is 22.4. The van der Waals surface area contributed by atoms with Crippen molar-refractivity contribution in [2.45, 2.75) is 12.8 Å². The van der Waals surface area contributed by atoms with Gasteiger partial charge in [-0.15, -0.1) is 0 Å². The molecule has 0 unspecified atom stereocenters. The van der Waals surface area contributed by atoms with Gasteiger partial charge in [-0.25, -0.2) is 13.2 Å². The van der Waals surface area contributed by atoms with Crippen molar-refractivity contribution in [3.63, 3.8) is 0 Å². The molecule has 0 bridgehead atoms. The number of sulfone groups is 1. The lowest BCUT2D eigenvalue weighted by atomic mass is 10.0. The number of allylic oxidation sites excluding steroid dienone is 3. The minimum absolute atomic E-state index is 0.241. The van der Waals surface area contributed by atoms with E-state index in [0.29, 0.717) is 12.8 Å². The van der Waals surface area contributed by atoms with Gasteiger partial charge in [0.1, 0.15) is 9.84 Å². The van der Waals surface area contributed by atoms with Crippen LogP contribution in [0.4, 0.5) is 0 Å². The van der Waals surface area contributed by atoms with Crippen molar-refractivity contribution < 1.29 is 18.3 Å². The van der Waals surface area contributed by atoms with E-state index in [9.17, 15) is 13.2 Å². The fraction of sp³-hybridized carbons (Fsp3) is 0.500. The summed E-state index contributed by atoms with van der Waals surface area (Å²) in [5.74, 6) is -0.243. The van der Waals surface area contributed by atoms with E-state index in [1.54, 1.807) is 6.08 Å². The first-order valence-electron chi connectivity index (χ1n) is 4.78. The standard InChI is InChI=1S/C10H14O4S/c11-10(12)4-2-1-3-9-5-7-15(13,14)8-6-9/h1-4,9H,5-8H2,(H,11,12)/b3-1+,4-2-. The second kappa shape index (κ2) is 5.11.